The van der Waals surface area contributed by atoms with E-state index in [2.05, 4.69) is 0 Å². The van der Waals surface area contributed by atoms with Crippen molar-refractivity contribution in [3.05, 3.63) is 50.7 Å². The van der Waals surface area contributed by atoms with Crippen molar-refractivity contribution in [1.82, 2.24) is 0 Å². The standard InChI is InChI=1S/C13H9NO4/c1-6-7-4-8-9(15)2-3-17-10(8)5-11(7)18-13(16)12(6)14/h2-5H,14H2,1H3. The summed E-state index contributed by atoms with van der Waals surface area (Å²) in [5, 5.41) is 1.07. The first-order chi connectivity index (χ1) is 8.58. The summed E-state index contributed by atoms with van der Waals surface area (Å²) >= 11 is 0. The summed E-state index contributed by atoms with van der Waals surface area (Å²) in [5.74, 6) is 0. The van der Waals surface area contributed by atoms with Crippen molar-refractivity contribution in [3.63, 3.8) is 0 Å². The molecular weight excluding hydrogens is 234 g/mol. The number of aryl methyl sites for hydroxylation is 1. The van der Waals surface area contributed by atoms with E-state index in [4.69, 9.17) is 14.6 Å². The van der Waals surface area contributed by atoms with Crippen LogP contribution in [0.4, 0.5) is 5.69 Å². The van der Waals surface area contributed by atoms with E-state index < -0.39 is 5.63 Å². The van der Waals surface area contributed by atoms with Gasteiger partial charge in [-0.05, 0) is 18.6 Å². The number of hydrogen-bond donors (Lipinski definition) is 1. The second-order valence-electron chi connectivity index (χ2n) is 4.06. The van der Waals surface area contributed by atoms with Crippen molar-refractivity contribution in [2.45, 2.75) is 6.92 Å². The number of nitrogens with two attached hydrogens (primary N) is 1. The smallest absolute Gasteiger partial charge is 0.359 e. The van der Waals surface area contributed by atoms with E-state index in [1.807, 2.05) is 0 Å². The topological polar surface area (TPSA) is 86.4 Å². The molecule has 5 nitrogen and oxygen atoms in total. The second kappa shape index (κ2) is 3.46. The van der Waals surface area contributed by atoms with Crippen LogP contribution in [0.2, 0.25) is 0 Å². The number of fused-ring (bicyclic) bond motifs is 2. The summed E-state index contributed by atoms with van der Waals surface area (Å²) in [6.45, 7) is 1.71. The molecule has 18 heavy (non-hydrogen) atoms. The summed E-state index contributed by atoms with van der Waals surface area (Å²) in [5.41, 5.74) is 6.28. The molecule has 0 fully saturated rings. The lowest BCUT2D eigenvalue weighted by Crippen LogP contribution is -2.09. The Hall–Kier alpha value is -2.56. The van der Waals surface area contributed by atoms with Crippen LogP contribution in [0.25, 0.3) is 21.9 Å². The quantitative estimate of drug-likeness (QED) is 0.480. The Bertz CT molecular complexity index is 889. The maximum atomic E-state index is 11.7. The molecule has 1 aromatic carbocycles. The SMILES string of the molecule is Cc1c(N)c(=O)oc2cc3occc(=O)c3cc12. The van der Waals surface area contributed by atoms with E-state index in [1.165, 1.54) is 18.4 Å². The van der Waals surface area contributed by atoms with Crippen LogP contribution in [0.15, 0.2) is 42.9 Å². The minimum Gasteiger partial charge on any atom is -0.464 e. The highest BCUT2D eigenvalue weighted by Gasteiger charge is 2.11. The fourth-order valence-electron chi connectivity index (χ4n) is 1.94. The van der Waals surface area contributed by atoms with Crippen LogP contribution in [0.5, 0.6) is 0 Å². The Morgan fingerprint density at radius 3 is 2.67 bits per heavy atom. The monoisotopic (exact) mass is 243 g/mol. The number of anilines is 1. The minimum atomic E-state index is -0.586. The number of benzene rings is 1. The fourth-order valence-corrected chi connectivity index (χ4v) is 1.94. The van der Waals surface area contributed by atoms with Gasteiger partial charge >= 0.3 is 5.63 Å². The molecule has 2 N–H and O–H groups in total. The van der Waals surface area contributed by atoms with Gasteiger partial charge in [-0.25, -0.2) is 4.79 Å². The molecule has 0 radical (unpaired) electrons. The molecule has 0 atom stereocenters. The predicted molar refractivity (Wildman–Crippen MR) is 67.7 cm³/mol. The van der Waals surface area contributed by atoms with Gasteiger partial charge in [-0.15, -0.1) is 0 Å². The van der Waals surface area contributed by atoms with Crippen LogP contribution in [0.1, 0.15) is 5.56 Å². The number of hydrogen-bond acceptors (Lipinski definition) is 5. The first-order valence-electron chi connectivity index (χ1n) is 5.32. The van der Waals surface area contributed by atoms with Gasteiger partial charge in [-0.1, -0.05) is 0 Å². The highest BCUT2D eigenvalue weighted by molar-refractivity contribution is 5.95. The molecular formula is C13H9NO4. The summed E-state index contributed by atoms with van der Waals surface area (Å²) in [7, 11) is 0. The zero-order valence-corrected chi connectivity index (χ0v) is 9.52. The third-order valence-electron chi connectivity index (χ3n) is 2.99. The van der Waals surface area contributed by atoms with Crippen LogP contribution in [0.3, 0.4) is 0 Å². The Balaban J connectivity index is 2.62. The van der Waals surface area contributed by atoms with E-state index in [9.17, 15) is 9.59 Å². The summed E-state index contributed by atoms with van der Waals surface area (Å²) < 4.78 is 10.3. The van der Waals surface area contributed by atoms with Crippen molar-refractivity contribution in [2.75, 3.05) is 5.73 Å². The molecule has 0 aliphatic rings. The molecule has 2 aromatic heterocycles. The van der Waals surface area contributed by atoms with Gasteiger partial charge in [0.05, 0.1) is 11.6 Å². The zero-order chi connectivity index (χ0) is 12.9. The lowest BCUT2D eigenvalue weighted by molar-refractivity contribution is 0.560. The first-order valence-corrected chi connectivity index (χ1v) is 5.32. The lowest BCUT2D eigenvalue weighted by Gasteiger charge is -2.04. The van der Waals surface area contributed by atoms with Crippen LogP contribution in [-0.2, 0) is 0 Å². The minimum absolute atomic E-state index is 0.0576. The average Bonchev–Trinajstić information content (AvgIpc) is 2.35. The van der Waals surface area contributed by atoms with Gasteiger partial charge in [0.25, 0.3) is 0 Å². The molecule has 3 rings (SSSR count). The van der Waals surface area contributed by atoms with E-state index in [0.717, 1.165) is 0 Å². The van der Waals surface area contributed by atoms with Crippen LogP contribution in [0, 0.1) is 6.92 Å². The average molecular weight is 243 g/mol. The van der Waals surface area contributed by atoms with Gasteiger partial charge < -0.3 is 14.6 Å². The lowest BCUT2D eigenvalue weighted by atomic mass is 10.1. The highest BCUT2D eigenvalue weighted by Crippen LogP contribution is 2.24. The zero-order valence-electron chi connectivity index (χ0n) is 9.52. The summed E-state index contributed by atoms with van der Waals surface area (Å²) in [6, 6.07) is 4.50. The summed E-state index contributed by atoms with van der Waals surface area (Å²) in [6.07, 6.45) is 1.30. The maximum absolute atomic E-state index is 11.7. The van der Waals surface area contributed by atoms with Crippen LogP contribution < -0.4 is 16.8 Å². The first kappa shape index (κ1) is 10.6. The molecule has 2 heterocycles. The van der Waals surface area contributed by atoms with E-state index in [0.29, 0.717) is 27.5 Å². The molecule has 90 valence electrons. The molecule has 0 aliphatic heterocycles. The van der Waals surface area contributed by atoms with Crippen LogP contribution in [-0.4, -0.2) is 0 Å². The molecule has 5 heteroatoms. The number of nitrogen functional groups attached to an aromatic ring is 1. The number of rotatable bonds is 0. The third kappa shape index (κ3) is 1.34. The van der Waals surface area contributed by atoms with Crippen molar-refractivity contribution in [2.24, 2.45) is 0 Å². The molecule has 0 spiro atoms. The van der Waals surface area contributed by atoms with Gasteiger partial charge in [0.15, 0.2) is 5.43 Å². The largest absolute Gasteiger partial charge is 0.464 e. The molecule has 0 unspecified atom stereocenters. The van der Waals surface area contributed by atoms with E-state index in [-0.39, 0.29) is 11.1 Å². The van der Waals surface area contributed by atoms with Gasteiger partial charge in [0.1, 0.15) is 16.9 Å². The van der Waals surface area contributed by atoms with Crippen LogP contribution >= 0.6 is 0 Å². The van der Waals surface area contributed by atoms with Gasteiger partial charge in [0, 0.05) is 17.5 Å². The molecule has 3 aromatic rings. The molecule has 0 aliphatic carbocycles. The molecule has 0 bridgehead atoms. The van der Waals surface area contributed by atoms with Gasteiger partial charge in [-0.2, -0.15) is 0 Å². The molecule has 0 amide bonds. The van der Waals surface area contributed by atoms with Gasteiger partial charge in [-0.3, -0.25) is 4.79 Å². The second-order valence-corrected chi connectivity index (χ2v) is 4.06. The van der Waals surface area contributed by atoms with Crippen molar-refractivity contribution >= 4 is 27.6 Å². The maximum Gasteiger partial charge on any atom is 0.359 e. The Labute approximate surface area is 100 Å². The highest BCUT2D eigenvalue weighted by atomic mass is 16.4. The van der Waals surface area contributed by atoms with Crippen molar-refractivity contribution in [1.29, 1.82) is 0 Å². The Morgan fingerprint density at radius 2 is 1.89 bits per heavy atom. The fraction of sp³-hybridized carbons (Fsp3) is 0.0769. The Morgan fingerprint density at radius 1 is 1.11 bits per heavy atom. The normalized spacial score (nSPS) is 11.2. The third-order valence-corrected chi connectivity index (χ3v) is 2.99. The summed E-state index contributed by atoms with van der Waals surface area (Å²) in [4.78, 5) is 23.2. The predicted octanol–water partition coefficient (Wildman–Crippen LogP) is 1.79. The van der Waals surface area contributed by atoms with Crippen molar-refractivity contribution < 1.29 is 8.83 Å². The molecule has 0 saturated carbocycles. The molecule has 0 saturated heterocycles. The van der Waals surface area contributed by atoms with E-state index in [1.54, 1.807) is 13.0 Å². The van der Waals surface area contributed by atoms with Gasteiger partial charge in [0.2, 0.25) is 0 Å². The van der Waals surface area contributed by atoms with Crippen molar-refractivity contribution in [3.8, 4) is 0 Å². The van der Waals surface area contributed by atoms with E-state index >= 15 is 0 Å². The Kier molecular flexibility index (Phi) is 2.04.